The molecule has 1 aromatic heterocycles. The van der Waals surface area contributed by atoms with E-state index >= 15 is 0 Å². The highest BCUT2D eigenvalue weighted by molar-refractivity contribution is 5.99. The fourth-order valence-electron chi connectivity index (χ4n) is 4.79. The van der Waals surface area contributed by atoms with Crippen LogP contribution in [0.2, 0.25) is 0 Å². The average molecular weight is 449 g/mol. The summed E-state index contributed by atoms with van der Waals surface area (Å²) in [5, 5.41) is 5.70. The molecule has 1 saturated carbocycles. The molecular formula is C26H32N4O3. The Balaban J connectivity index is 1.50. The molecule has 2 aromatic rings. The van der Waals surface area contributed by atoms with E-state index in [1.54, 1.807) is 18.5 Å². The van der Waals surface area contributed by atoms with Crippen LogP contribution in [0.1, 0.15) is 64.4 Å². The largest absolute Gasteiger partial charge is 0.349 e. The van der Waals surface area contributed by atoms with E-state index in [-0.39, 0.29) is 29.8 Å². The van der Waals surface area contributed by atoms with Crippen molar-refractivity contribution in [1.29, 1.82) is 0 Å². The van der Waals surface area contributed by atoms with Gasteiger partial charge >= 0.3 is 0 Å². The van der Waals surface area contributed by atoms with Crippen LogP contribution in [0.3, 0.4) is 0 Å². The lowest BCUT2D eigenvalue weighted by Crippen LogP contribution is -2.41. The maximum Gasteiger partial charge on any atom is 0.257 e. The highest BCUT2D eigenvalue weighted by Gasteiger charge is 2.27. The second-order valence-corrected chi connectivity index (χ2v) is 8.98. The van der Waals surface area contributed by atoms with Gasteiger partial charge in [0, 0.05) is 50.7 Å². The van der Waals surface area contributed by atoms with Gasteiger partial charge in [-0.3, -0.25) is 19.3 Å². The van der Waals surface area contributed by atoms with Crippen LogP contribution in [0.5, 0.6) is 0 Å². The summed E-state index contributed by atoms with van der Waals surface area (Å²) in [5.41, 5.74) is 0.757. The Kier molecular flexibility index (Phi) is 7.40. The Hall–Kier alpha value is -3.19. The van der Waals surface area contributed by atoms with Gasteiger partial charge in [0.05, 0.1) is 0 Å². The van der Waals surface area contributed by atoms with Crippen molar-refractivity contribution >= 4 is 11.8 Å². The molecule has 1 aliphatic heterocycles. The lowest BCUT2D eigenvalue weighted by Gasteiger charge is -2.19. The average Bonchev–Trinajstić information content (AvgIpc) is 3.51. The number of nitrogens with zero attached hydrogens (tertiary/aromatic N) is 2. The molecule has 0 radical (unpaired) electrons. The van der Waals surface area contributed by atoms with Crippen LogP contribution in [-0.2, 0) is 6.54 Å². The third-order valence-electron chi connectivity index (χ3n) is 6.54. The standard InChI is InChI=1S/C26H32N4O3/c1-2-13-27-25(32)22-17-30(21-10-6-7-11-21)18-23(24(22)31)26(33)28-20-12-14-29(16-20)15-19-8-4-3-5-9-19/h2-5,8-9,17-18,20-21H,1,6-7,10-16H2,(H,27,32)(H,28,33)/t20-/m1/s1. The number of amides is 2. The minimum absolute atomic E-state index is 0.00789. The summed E-state index contributed by atoms with van der Waals surface area (Å²) in [4.78, 5) is 41.2. The zero-order valence-electron chi connectivity index (χ0n) is 19.0. The Morgan fingerprint density at radius 3 is 2.42 bits per heavy atom. The molecule has 7 nitrogen and oxygen atoms in total. The zero-order chi connectivity index (χ0) is 23.2. The van der Waals surface area contributed by atoms with Crippen LogP contribution in [0.25, 0.3) is 0 Å². The number of pyridine rings is 1. The van der Waals surface area contributed by atoms with Crippen molar-refractivity contribution in [3.8, 4) is 0 Å². The van der Waals surface area contributed by atoms with E-state index in [0.717, 1.165) is 51.7 Å². The fraction of sp³-hybridized carbons (Fsp3) is 0.423. The van der Waals surface area contributed by atoms with Crippen LogP contribution in [-0.4, -0.2) is 47.0 Å². The van der Waals surface area contributed by atoms with E-state index in [1.165, 1.54) is 5.56 Å². The zero-order valence-corrected chi connectivity index (χ0v) is 19.0. The SMILES string of the molecule is C=CCNC(=O)c1cn(C2CCCC2)cc(C(=O)N[C@@H]2CCN(Cc3ccccc3)C2)c1=O. The number of rotatable bonds is 8. The predicted octanol–water partition coefficient (Wildman–Crippen LogP) is 2.88. The molecule has 0 unspecified atom stereocenters. The smallest absolute Gasteiger partial charge is 0.257 e. The number of benzene rings is 1. The summed E-state index contributed by atoms with van der Waals surface area (Å²) in [7, 11) is 0. The molecule has 1 atom stereocenters. The van der Waals surface area contributed by atoms with Gasteiger partial charge in [0.15, 0.2) is 0 Å². The molecule has 1 aromatic carbocycles. The van der Waals surface area contributed by atoms with Gasteiger partial charge in [0.25, 0.3) is 11.8 Å². The van der Waals surface area contributed by atoms with Crippen molar-refractivity contribution in [2.75, 3.05) is 19.6 Å². The van der Waals surface area contributed by atoms with Crippen LogP contribution in [0.15, 0.2) is 60.2 Å². The van der Waals surface area contributed by atoms with E-state index in [0.29, 0.717) is 0 Å². The first kappa shape index (κ1) is 23.0. The third-order valence-corrected chi connectivity index (χ3v) is 6.54. The molecule has 174 valence electrons. The summed E-state index contributed by atoms with van der Waals surface area (Å²) in [6.07, 6.45) is 9.80. The Morgan fingerprint density at radius 2 is 1.73 bits per heavy atom. The molecule has 2 fully saturated rings. The molecule has 1 saturated heterocycles. The maximum absolute atomic E-state index is 13.2. The van der Waals surface area contributed by atoms with Crippen molar-refractivity contribution in [2.45, 2.75) is 50.7 Å². The normalized spacial score (nSPS) is 18.8. The quantitative estimate of drug-likeness (QED) is 0.609. The fourth-order valence-corrected chi connectivity index (χ4v) is 4.79. The lowest BCUT2D eigenvalue weighted by atomic mass is 10.1. The van der Waals surface area contributed by atoms with Crippen molar-refractivity contribution in [1.82, 2.24) is 20.1 Å². The van der Waals surface area contributed by atoms with Gasteiger partial charge in [-0.1, -0.05) is 49.2 Å². The van der Waals surface area contributed by atoms with Crippen molar-refractivity contribution in [3.05, 3.63) is 82.3 Å². The van der Waals surface area contributed by atoms with Crippen molar-refractivity contribution in [2.24, 2.45) is 0 Å². The van der Waals surface area contributed by atoms with Gasteiger partial charge in [0.2, 0.25) is 5.43 Å². The molecule has 2 heterocycles. The molecule has 7 heteroatoms. The summed E-state index contributed by atoms with van der Waals surface area (Å²) in [6.45, 7) is 6.31. The van der Waals surface area contributed by atoms with Gasteiger partial charge in [0.1, 0.15) is 11.1 Å². The number of hydrogen-bond donors (Lipinski definition) is 2. The first-order valence-corrected chi connectivity index (χ1v) is 11.8. The highest BCUT2D eigenvalue weighted by Crippen LogP contribution is 2.29. The molecule has 2 N–H and O–H groups in total. The molecule has 33 heavy (non-hydrogen) atoms. The van der Waals surface area contributed by atoms with Gasteiger partial charge in [-0.25, -0.2) is 0 Å². The molecule has 0 bridgehead atoms. The molecule has 2 amide bonds. The van der Waals surface area contributed by atoms with Crippen LogP contribution < -0.4 is 16.1 Å². The topological polar surface area (TPSA) is 83.4 Å². The van der Waals surface area contributed by atoms with Crippen molar-refractivity contribution in [3.63, 3.8) is 0 Å². The second kappa shape index (κ2) is 10.6. The Bertz CT molecular complexity index is 1060. The number of carbonyl (C=O) groups is 2. The second-order valence-electron chi connectivity index (χ2n) is 8.98. The van der Waals surface area contributed by atoms with E-state index in [2.05, 4.69) is 34.2 Å². The molecule has 1 aliphatic carbocycles. The lowest BCUT2D eigenvalue weighted by molar-refractivity contribution is 0.0935. The highest BCUT2D eigenvalue weighted by atomic mass is 16.2. The summed E-state index contributed by atoms with van der Waals surface area (Å²) in [5.74, 6) is -0.882. The number of carbonyl (C=O) groups excluding carboxylic acids is 2. The van der Waals surface area contributed by atoms with E-state index < -0.39 is 17.2 Å². The molecule has 2 aliphatic rings. The number of nitrogens with one attached hydrogen (secondary N) is 2. The summed E-state index contributed by atoms with van der Waals surface area (Å²) < 4.78 is 1.89. The Morgan fingerprint density at radius 1 is 1.03 bits per heavy atom. The number of likely N-dealkylation sites (tertiary alicyclic amines) is 1. The molecule has 4 rings (SSSR count). The van der Waals surface area contributed by atoms with E-state index in [9.17, 15) is 14.4 Å². The third kappa shape index (κ3) is 5.60. The number of aromatic nitrogens is 1. The minimum atomic E-state index is -0.526. The first-order valence-electron chi connectivity index (χ1n) is 11.8. The number of hydrogen-bond acceptors (Lipinski definition) is 4. The molecule has 0 spiro atoms. The maximum atomic E-state index is 13.2. The summed E-state index contributed by atoms with van der Waals surface area (Å²) >= 11 is 0. The monoisotopic (exact) mass is 448 g/mol. The molecular weight excluding hydrogens is 416 g/mol. The van der Waals surface area contributed by atoms with Crippen LogP contribution >= 0.6 is 0 Å². The first-order chi connectivity index (χ1) is 16.0. The van der Waals surface area contributed by atoms with Gasteiger partial charge in [-0.05, 0) is 24.8 Å². The van der Waals surface area contributed by atoms with E-state index in [4.69, 9.17) is 0 Å². The van der Waals surface area contributed by atoms with E-state index in [1.807, 2.05) is 22.8 Å². The minimum Gasteiger partial charge on any atom is -0.349 e. The Labute approximate surface area is 194 Å². The van der Waals surface area contributed by atoms with Gasteiger partial charge in [-0.2, -0.15) is 0 Å². The van der Waals surface area contributed by atoms with Crippen molar-refractivity contribution < 1.29 is 9.59 Å². The van der Waals surface area contributed by atoms with Gasteiger partial charge in [-0.15, -0.1) is 6.58 Å². The predicted molar refractivity (Wildman–Crippen MR) is 128 cm³/mol. The van der Waals surface area contributed by atoms with Crippen LogP contribution in [0.4, 0.5) is 0 Å². The summed E-state index contributed by atoms with van der Waals surface area (Å²) in [6, 6.07) is 10.4. The van der Waals surface area contributed by atoms with Crippen LogP contribution in [0, 0.1) is 0 Å². The van der Waals surface area contributed by atoms with Gasteiger partial charge < -0.3 is 15.2 Å².